The van der Waals surface area contributed by atoms with Crippen molar-refractivity contribution < 1.29 is 0 Å². The lowest BCUT2D eigenvalue weighted by Crippen LogP contribution is -1.90. The molecule has 1 rings (SSSR count). The Morgan fingerprint density at radius 1 is 0.810 bits per heavy atom. The van der Waals surface area contributed by atoms with Crippen molar-refractivity contribution in [1.82, 2.24) is 0 Å². The Bertz CT molecular complexity index is 302. The van der Waals surface area contributed by atoms with Crippen LogP contribution in [0.2, 0.25) is 0 Å². The lowest BCUT2D eigenvalue weighted by molar-refractivity contribution is 0.530. The molecule has 21 heavy (non-hydrogen) atoms. The minimum Gasteiger partial charge on any atom is -0.149 e. The zero-order chi connectivity index (χ0) is 15.2. The first kappa shape index (κ1) is 18.7. The molecule has 1 heterocycles. The molecule has 0 nitrogen and oxygen atoms in total. The summed E-state index contributed by atoms with van der Waals surface area (Å²) in [5.41, 5.74) is 0. The second-order valence-corrected chi connectivity index (χ2v) is 7.57. The van der Waals surface area contributed by atoms with Crippen molar-refractivity contribution in [2.24, 2.45) is 0 Å². The SMILES string of the molecule is CCCCCCCCCCCCCCC(C)c1cccs1. The molecular weight excluding hydrogens is 272 g/mol. The van der Waals surface area contributed by atoms with E-state index in [4.69, 9.17) is 0 Å². The van der Waals surface area contributed by atoms with Crippen LogP contribution in [0.1, 0.15) is 108 Å². The van der Waals surface area contributed by atoms with Crippen molar-refractivity contribution in [3.05, 3.63) is 22.4 Å². The zero-order valence-corrected chi connectivity index (χ0v) is 15.2. The molecule has 1 aromatic rings. The molecule has 0 N–H and O–H groups in total. The molecule has 0 aliphatic rings. The van der Waals surface area contributed by atoms with Crippen LogP contribution in [0.4, 0.5) is 0 Å². The van der Waals surface area contributed by atoms with Crippen molar-refractivity contribution in [3.63, 3.8) is 0 Å². The summed E-state index contributed by atoms with van der Waals surface area (Å²) in [7, 11) is 0. The first-order valence-electron chi connectivity index (χ1n) is 9.38. The molecule has 1 aromatic heterocycles. The minimum absolute atomic E-state index is 0.771. The van der Waals surface area contributed by atoms with Gasteiger partial charge in [-0.15, -0.1) is 11.3 Å². The van der Waals surface area contributed by atoms with Gasteiger partial charge in [0.1, 0.15) is 0 Å². The van der Waals surface area contributed by atoms with E-state index in [1.807, 2.05) is 11.3 Å². The topological polar surface area (TPSA) is 0 Å². The van der Waals surface area contributed by atoms with Gasteiger partial charge in [-0.2, -0.15) is 0 Å². The van der Waals surface area contributed by atoms with Crippen LogP contribution >= 0.6 is 11.3 Å². The zero-order valence-electron chi connectivity index (χ0n) is 14.4. The summed E-state index contributed by atoms with van der Waals surface area (Å²) in [6.07, 6.45) is 18.7. The number of rotatable bonds is 14. The maximum atomic E-state index is 2.38. The molecule has 0 saturated carbocycles. The molecule has 0 aliphatic carbocycles. The highest BCUT2D eigenvalue weighted by Gasteiger charge is 2.05. The predicted octanol–water partition coefficient (Wildman–Crippen LogP) is 7.94. The van der Waals surface area contributed by atoms with E-state index in [-0.39, 0.29) is 0 Å². The number of hydrogen-bond acceptors (Lipinski definition) is 1. The van der Waals surface area contributed by atoms with Gasteiger partial charge in [-0.05, 0) is 23.8 Å². The van der Waals surface area contributed by atoms with Crippen LogP contribution in [-0.4, -0.2) is 0 Å². The quantitative estimate of drug-likeness (QED) is 0.306. The molecule has 0 saturated heterocycles. The van der Waals surface area contributed by atoms with Crippen molar-refractivity contribution in [2.45, 2.75) is 103 Å². The standard InChI is InChI=1S/C20H36S/c1-3-4-5-6-7-8-9-10-11-12-13-14-16-19(2)20-17-15-18-21-20/h15,17-19H,3-14,16H2,1-2H3. The van der Waals surface area contributed by atoms with Gasteiger partial charge in [-0.1, -0.05) is 97.0 Å². The van der Waals surface area contributed by atoms with E-state index >= 15 is 0 Å². The summed E-state index contributed by atoms with van der Waals surface area (Å²) < 4.78 is 0. The summed E-state index contributed by atoms with van der Waals surface area (Å²) in [6, 6.07) is 4.47. The van der Waals surface area contributed by atoms with Gasteiger partial charge < -0.3 is 0 Å². The predicted molar refractivity (Wildman–Crippen MR) is 98.4 cm³/mol. The highest BCUT2D eigenvalue weighted by Crippen LogP contribution is 2.26. The van der Waals surface area contributed by atoms with Crippen molar-refractivity contribution in [3.8, 4) is 0 Å². The van der Waals surface area contributed by atoms with Gasteiger partial charge in [0.25, 0.3) is 0 Å². The van der Waals surface area contributed by atoms with E-state index in [2.05, 4.69) is 31.4 Å². The van der Waals surface area contributed by atoms with E-state index in [9.17, 15) is 0 Å². The fraction of sp³-hybridized carbons (Fsp3) is 0.800. The molecule has 0 bridgehead atoms. The monoisotopic (exact) mass is 308 g/mol. The van der Waals surface area contributed by atoms with Gasteiger partial charge in [0.2, 0.25) is 0 Å². The fourth-order valence-electron chi connectivity index (χ4n) is 3.01. The minimum atomic E-state index is 0.771. The number of hydrogen-bond donors (Lipinski definition) is 0. The van der Waals surface area contributed by atoms with Crippen molar-refractivity contribution in [1.29, 1.82) is 0 Å². The third kappa shape index (κ3) is 10.1. The van der Waals surface area contributed by atoms with Crippen LogP contribution in [0.15, 0.2) is 17.5 Å². The maximum Gasteiger partial charge on any atom is 0.00734 e. The van der Waals surface area contributed by atoms with Crippen LogP contribution in [0.5, 0.6) is 0 Å². The summed E-state index contributed by atoms with van der Waals surface area (Å²) in [4.78, 5) is 1.57. The molecule has 0 radical (unpaired) electrons. The third-order valence-corrected chi connectivity index (χ3v) is 5.62. The normalized spacial score (nSPS) is 12.7. The van der Waals surface area contributed by atoms with E-state index in [0.717, 1.165) is 5.92 Å². The maximum absolute atomic E-state index is 2.38. The molecule has 0 amide bonds. The highest BCUT2D eigenvalue weighted by molar-refractivity contribution is 7.10. The molecule has 1 unspecified atom stereocenters. The van der Waals surface area contributed by atoms with E-state index < -0.39 is 0 Å². The summed E-state index contributed by atoms with van der Waals surface area (Å²) >= 11 is 1.92. The molecule has 0 aliphatic heterocycles. The van der Waals surface area contributed by atoms with E-state index in [0.29, 0.717) is 0 Å². The second-order valence-electron chi connectivity index (χ2n) is 6.59. The fourth-order valence-corrected chi connectivity index (χ4v) is 3.83. The smallest absolute Gasteiger partial charge is 0.00734 e. The average Bonchev–Trinajstić information content (AvgIpc) is 3.02. The molecule has 122 valence electrons. The Labute approximate surface area is 137 Å². The Hall–Kier alpha value is -0.300. The van der Waals surface area contributed by atoms with Gasteiger partial charge in [-0.3, -0.25) is 0 Å². The van der Waals surface area contributed by atoms with Crippen LogP contribution in [0, 0.1) is 0 Å². The van der Waals surface area contributed by atoms with Crippen LogP contribution in [0.25, 0.3) is 0 Å². The molecule has 0 fully saturated rings. The Balaban J connectivity index is 1.78. The van der Waals surface area contributed by atoms with Gasteiger partial charge in [-0.25, -0.2) is 0 Å². The Morgan fingerprint density at radius 3 is 1.81 bits per heavy atom. The van der Waals surface area contributed by atoms with Crippen LogP contribution in [-0.2, 0) is 0 Å². The van der Waals surface area contributed by atoms with Gasteiger partial charge in [0.15, 0.2) is 0 Å². The molecule has 1 atom stereocenters. The summed E-state index contributed by atoms with van der Waals surface area (Å²) in [5, 5.41) is 2.20. The lowest BCUT2D eigenvalue weighted by Gasteiger charge is -2.08. The third-order valence-electron chi connectivity index (χ3n) is 4.52. The highest BCUT2D eigenvalue weighted by atomic mass is 32.1. The largest absolute Gasteiger partial charge is 0.149 e. The molecular formula is C20H36S. The first-order chi connectivity index (χ1) is 10.3. The molecule has 0 spiro atoms. The second kappa shape index (κ2) is 13.4. The van der Waals surface area contributed by atoms with Gasteiger partial charge in [0.05, 0.1) is 0 Å². The number of thiophene rings is 1. The number of unbranched alkanes of at least 4 members (excludes halogenated alkanes) is 11. The van der Waals surface area contributed by atoms with Gasteiger partial charge >= 0.3 is 0 Å². The van der Waals surface area contributed by atoms with Crippen molar-refractivity contribution >= 4 is 11.3 Å². The lowest BCUT2D eigenvalue weighted by atomic mass is 10.00. The van der Waals surface area contributed by atoms with Crippen LogP contribution < -0.4 is 0 Å². The van der Waals surface area contributed by atoms with Crippen molar-refractivity contribution in [2.75, 3.05) is 0 Å². The Kier molecular flexibility index (Phi) is 11.9. The summed E-state index contributed by atoms with van der Waals surface area (Å²) in [6.45, 7) is 4.67. The Morgan fingerprint density at radius 2 is 1.33 bits per heavy atom. The molecule has 0 aromatic carbocycles. The average molecular weight is 309 g/mol. The van der Waals surface area contributed by atoms with Gasteiger partial charge in [0, 0.05) is 4.88 Å². The molecule has 1 heteroatoms. The first-order valence-corrected chi connectivity index (χ1v) is 10.3. The van der Waals surface area contributed by atoms with Crippen LogP contribution in [0.3, 0.4) is 0 Å². The van der Waals surface area contributed by atoms with E-state index in [1.54, 1.807) is 4.88 Å². The summed E-state index contributed by atoms with van der Waals surface area (Å²) in [5.74, 6) is 0.771. The van der Waals surface area contributed by atoms with E-state index in [1.165, 1.54) is 83.5 Å².